The molecule has 0 radical (unpaired) electrons. The van der Waals surface area contributed by atoms with Crippen molar-refractivity contribution in [3.05, 3.63) is 41.0 Å². The third kappa shape index (κ3) is 5.99. The Hall–Kier alpha value is -2.54. The van der Waals surface area contributed by atoms with E-state index in [1.165, 1.54) is 19.3 Å². The number of urea groups is 1. The van der Waals surface area contributed by atoms with Gasteiger partial charge in [0.15, 0.2) is 0 Å². The predicted molar refractivity (Wildman–Crippen MR) is 110 cm³/mol. The lowest BCUT2D eigenvalue weighted by atomic mass is 10.1. The summed E-state index contributed by atoms with van der Waals surface area (Å²) in [5.41, 5.74) is 1.62. The molecule has 2 heterocycles. The van der Waals surface area contributed by atoms with Crippen LogP contribution in [0.2, 0.25) is 5.02 Å². The number of nitrogens with one attached hydrogen (secondary N) is 3. The summed E-state index contributed by atoms with van der Waals surface area (Å²) in [5, 5.41) is 9.37. The van der Waals surface area contributed by atoms with Crippen LogP contribution in [0.5, 0.6) is 0 Å². The third-order valence-corrected chi connectivity index (χ3v) is 4.57. The zero-order valence-corrected chi connectivity index (χ0v) is 16.2. The van der Waals surface area contributed by atoms with Crippen molar-refractivity contribution in [2.24, 2.45) is 0 Å². The van der Waals surface area contributed by atoms with Gasteiger partial charge in [0.25, 0.3) is 0 Å². The van der Waals surface area contributed by atoms with Crippen molar-refractivity contribution in [3.63, 3.8) is 0 Å². The van der Waals surface area contributed by atoms with E-state index >= 15 is 0 Å². The fourth-order valence-electron chi connectivity index (χ4n) is 2.97. The first-order valence-electron chi connectivity index (χ1n) is 9.25. The van der Waals surface area contributed by atoms with E-state index in [4.69, 9.17) is 11.6 Å². The molecular formula is C19H25ClN6O. The number of amides is 2. The van der Waals surface area contributed by atoms with Gasteiger partial charge in [-0.1, -0.05) is 11.6 Å². The molecule has 2 amide bonds. The number of hydrogen-bond donors (Lipinski definition) is 3. The number of rotatable bonds is 6. The Morgan fingerprint density at radius 2 is 1.85 bits per heavy atom. The van der Waals surface area contributed by atoms with E-state index < -0.39 is 0 Å². The van der Waals surface area contributed by atoms with Gasteiger partial charge in [-0.25, -0.2) is 9.78 Å². The highest BCUT2D eigenvalue weighted by molar-refractivity contribution is 6.30. The lowest BCUT2D eigenvalue weighted by molar-refractivity contribution is 0.252. The van der Waals surface area contributed by atoms with Crippen LogP contribution in [0.3, 0.4) is 0 Å². The monoisotopic (exact) mass is 388 g/mol. The lowest BCUT2D eigenvalue weighted by Crippen LogP contribution is -2.33. The number of halogens is 1. The summed E-state index contributed by atoms with van der Waals surface area (Å²) in [6.45, 7) is 5.05. The summed E-state index contributed by atoms with van der Waals surface area (Å²) in [5.74, 6) is 1.56. The van der Waals surface area contributed by atoms with E-state index in [9.17, 15) is 4.79 Å². The van der Waals surface area contributed by atoms with Crippen molar-refractivity contribution in [2.45, 2.75) is 26.2 Å². The fraction of sp³-hybridized carbons (Fsp3) is 0.421. The smallest absolute Gasteiger partial charge is 0.319 e. The number of benzene rings is 1. The van der Waals surface area contributed by atoms with Crippen LogP contribution in [0, 0.1) is 6.92 Å². The molecular weight excluding hydrogens is 364 g/mol. The highest BCUT2D eigenvalue weighted by Gasteiger charge is 2.13. The second-order valence-corrected chi connectivity index (χ2v) is 6.99. The molecule has 0 spiro atoms. The maximum atomic E-state index is 11.9. The summed E-state index contributed by atoms with van der Waals surface area (Å²) in [4.78, 5) is 23.3. The van der Waals surface area contributed by atoms with Crippen LogP contribution in [0.1, 0.15) is 25.0 Å². The average molecular weight is 389 g/mol. The molecule has 0 aliphatic carbocycles. The van der Waals surface area contributed by atoms with Gasteiger partial charge in [-0.05, 0) is 50.5 Å². The highest BCUT2D eigenvalue weighted by Crippen LogP contribution is 2.19. The molecule has 8 heteroatoms. The van der Waals surface area contributed by atoms with E-state index in [1.807, 2.05) is 13.0 Å². The zero-order chi connectivity index (χ0) is 19.1. The second kappa shape index (κ2) is 9.41. The van der Waals surface area contributed by atoms with Crippen molar-refractivity contribution >= 4 is 35.1 Å². The van der Waals surface area contributed by atoms with Gasteiger partial charge in [0.1, 0.15) is 5.82 Å². The number of nitrogens with zero attached hydrogens (tertiary/aromatic N) is 3. The molecule has 1 aromatic heterocycles. The Bertz CT molecular complexity index is 761. The topological polar surface area (TPSA) is 82.2 Å². The van der Waals surface area contributed by atoms with Gasteiger partial charge in [-0.2, -0.15) is 4.98 Å². The summed E-state index contributed by atoms with van der Waals surface area (Å²) < 4.78 is 0. The van der Waals surface area contributed by atoms with E-state index in [0.29, 0.717) is 29.7 Å². The molecule has 0 bridgehead atoms. The maximum absolute atomic E-state index is 11.9. The molecule has 3 rings (SSSR count). The van der Waals surface area contributed by atoms with Crippen LogP contribution in [0.4, 0.5) is 22.2 Å². The quantitative estimate of drug-likeness (QED) is 0.658. The maximum Gasteiger partial charge on any atom is 0.319 e. The SMILES string of the molecule is Cc1cc(N2CCCCC2)nc(NCCNC(=O)Nc2ccc(Cl)cc2)n1. The van der Waals surface area contributed by atoms with E-state index in [1.54, 1.807) is 24.3 Å². The number of hydrogen-bond acceptors (Lipinski definition) is 5. The van der Waals surface area contributed by atoms with Crippen molar-refractivity contribution in [1.82, 2.24) is 15.3 Å². The Kier molecular flexibility index (Phi) is 6.70. The first kappa shape index (κ1) is 19.2. The van der Waals surface area contributed by atoms with Gasteiger partial charge in [0.2, 0.25) is 5.95 Å². The molecule has 144 valence electrons. The number of carbonyl (C=O) groups excluding carboxylic acids is 1. The minimum atomic E-state index is -0.265. The van der Waals surface area contributed by atoms with Crippen LogP contribution in [-0.2, 0) is 0 Å². The number of carbonyl (C=O) groups is 1. The number of anilines is 3. The van der Waals surface area contributed by atoms with Crippen LogP contribution >= 0.6 is 11.6 Å². The molecule has 2 aromatic rings. The minimum absolute atomic E-state index is 0.265. The molecule has 1 saturated heterocycles. The average Bonchev–Trinajstić information content (AvgIpc) is 2.67. The normalized spacial score (nSPS) is 13.9. The Balaban J connectivity index is 1.45. The molecule has 27 heavy (non-hydrogen) atoms. The summed E-state index contributed by atoms with van der Waals surface area (Å²) in [6, 6.07) is 8.72. The Labute approximate surface area is 164 Å². The second-order valence-electron chi connectivity index (χ2n) is 6.55. The van der Waals surface area contributed by atoms with E-state index in [0.717, 1.165) is 24.6 Å². The van der Waals surface area contributed by atoms with Gasteiger partial charge < -0.3 is 20.9 Å². The highest BCUT2D eigenvalue weighted by atomic mass is 35.5. The standard InChI is InChI=1S/C19H25ClN6O/c1-14-13-17(26-11-3-2-4-12-26)25-18(23-14)21-9-10-22-19(27)24-16-7-5-15(20)6-8-16/h5-8,13H,2-4,9-12H2,1H3,(H,21,23,25)(H2,22,24,27). The Morgan fingerprint density at radius 3 is 2.59 bits per heavy atom. The van der Waals surface area contributed by atoms with Crippen molar-refractivity contribution < 1.29 is 4.79 Å². The molecule has 0 unspecified atom stereocenters. The number of aromatic nitrogens is 2. The molecule has 1 aliphatic rings. The fourth-order valence-corrected chi connectivity index (χ4v) is 3.10. The zero-order valence-electron chi connectivity index (χ0n) is 15.5. The molecule has 1 aliphatic heterocycles. The largest absolute Gasteiger partial charge is 0.356 e. The van der Waals surface area contributed by atoms with Crippen molar-refractivity contribution in [1.29, 1.82) is 0 Å². The van der Waals surface area contributed by atoms with Gasteiger partial charge in [-0.15, -0.1) is 0 Å². The third-order valence-electron chi connectivity index (χ3n) is 4.32. The lowest BCUT2D eigenvalue weighted by Gasteiger charge is -2.28. The van der Waals surface area contributed by atoms with Gasteiger partial charge >= 0.3 is 6.03 Å². The van der Waals surface area contributed by atoms with Crippen molar-refractivity contribution in [2.75, 3.05) is 41.7 Å². The predicted octanol–water partition coefficient (Wildman–Crippen LogP) is 3.66. The summed E-state index contributed by atoms with van der Waals surface area (Å²) in [6.07, 6.45) is 3.70. The van der Waals surface area contributed by atoms with Crippen LogP contribution in [0.15, 0.2) is 30.3 Å². The number of piperidine rings is 1. The first-order valence-corrected chi connectivity index (χ1v) is 9.63. The summed E-state index contributed by atoms with van der Waals surface area (Å²) in [7, 11) is 0. The van der Waals surface area contributed by atoms with Gasteiger partial charge in [0, 0.05) is 48.6 Å². The number of aryl methyl sites for hydroxylation is 1. The molecule has 1 fully saturated rings. The van der Waals surface area contributed by atoms with Crippen LogP contribution in [-0.4, -0.2) is 42.2 Å². The molecule has 7 nitrogen and oxygen atoms in total. The van der Waals surface area contributed by atoms with Crippen LogP contribution in [0.25, 0.3) is 0 Å². The molecule has 0 atom stereocenters. The summed E-state index contributed by atoms with van der Waals surface area (Å²) >= 11 is 5.83. The Morgan fingerprint density at radius 1 is 1.11 bits per heavy atom. The van der Waals surface area contributed by atoms with Gasteiger partial charge in [-0.3, -0.25) is 0 Å². The van der Waals surface area contributed by atoms with E-state index in [-0.39, 0.29) is 6.03 Å². The minimum Gasteiger partial charge on any atom is -0.356 e. The van der Waals surface area contributed by atoms with Crippen LogP contribution < -0.4 is 20.9 Å². The first-order chi connectivity index (χ1) is 13.1. The molecule has 1 aromatic carbocycles. The molecule has 3 N–H and O–H groups in total. The molecule has 0 saturated carbocycles. The van der Waals surface area contributed by atoms with E-state index in [2.05, 4.69) is 30.8 Å². The van der Waals surface area contributed by atoms with Crippen molar-refractivity contribution in [3.8, 4) is 0 Å². The van der Waals surface area contributed by atoms with Gasteiger partial charge in [0.05, 0.1) is 0 Å².